The highest BCUT2D eigenvalue weighted by Gasteiger charge is 2.18. The van der Waals surface area contributed by atoms with Crippen LogP contribution in [-0.2, 0) is 20.8 Å². The largest absolute Gasteiger partial charge is 0.464 e. The zero-order valence-corrected chi connectivity index (χ0v) is 14.1. The van der Waals surface area contributed by atoms with E-state index in [9.17, 15) is 9.59 Å². The molecule has 2 rings (SSSR count). The van der Waals surface area contributed by atoms with Crippen molar-refractivity contribution < 1.29 is 19.1 Å². The van der Waals surface area contributed by atoms with Crippen LogP contribution in [0.25, 0.3) is 0 Å². The summed E-state index contributed by atoms with van der Waals surface area (Å²) in [5.74, 6) is -0.714. The van der Waals surface area contributed by atoms with Crippen molar-refractivity contribution in [1.29, 1.82) is 0 Å². The van der Waals surface area contributed by atoms with Crippen molar-refractivity contribution in [2.24, 2.45) is 0 Å². The molecule has 1 amide bonds. The number of hydrogen-bond acceptors (Lipinski definition) is 4. The van der Waals surface area contributed by atoms with Gasteiger partial charge in [0.15, 0.2) is 0 Å². The second-order valence-electron chi connectivity index (χ2n) is 5.31. The van der Waals surface area contributed by atoms with Crippen molar-refractivity contribution in [2.75, 3.05) is 19.0 Å². The Balaban J connectivity index is 2.21. The first kappa shape index (κ1) is 17.7. The third kappa shape index (κ3) is 4.45. The minimum Gasteiger partial charge on any atom is -0.464 e. The summed E-state index contributed by atoms with van der Waals surface area (Å²) in [5.41, 5.74) is 1.95. The quantitative estimate of drug-likeness (QED) is 0.793. The van der Waals surface area contributed by atoms with E-state index < -0.39 is 12.1 Å². The maximum Gasteiger partial charge on any atom is 0.354 e. The normalized spacial score (nSPS) is 11.8. The number of methoxy groups -OCH3 is 1. The summed E-state index contributed by atoms with van der Waals surface area (Å²) in [5, 5.41) is 2.76. The second-order valence-corrected chi connectivity index (χ2v) is 5.31. The molecule has 0 unspecified atom stereocenters. The third-order valence-corrected chi connectivity index (χ3v) is 3.54. The molecule has 0 bridgehead atoms. The minimum atomic E-state index is -0.561. The van der Waals surface area contributed by atoms with Crippen LogP contribution in [0.3, 0.4) is 0 Å². The van der Waals surface area contributed by atoms with Crippen LogP contribution in [0.15, 0.2) is 42.6 Å². The summed E-state index contributed by atoms with van der Waals surface area (Å²) in [7, 11) is 1.33. The van der Waals surface area contributed by atoms with Crippen LogP contribution < -0.4 is 5.32 Å². The van der Waals surface area contributed by atoms with Gasteiger partial charge in [0.25, 0.3) is 5.91 Å². The standard InChI is InChI=1S/C18H22N2O4/c1-4-24-13(2)17(21)19-15-10-16(18(22)23-3)20(12-15)11-14-8-6-5-7-9-14/h5-10,12-13H,4,11H2,1-3H3,(H,19,21)/t13-/m1/s1. The number of carbonyl (C=O) groups is 2. The lowest BCUT2D eigenvalue weighted by atomic mass is 10.2. The molecule has 128 valence electrons. The fraction of sp³-hybridized carbons (Fsp3) is 0.333. The summed E-state index contributed by atoms with van der Waals surface area (Å²) in [4.78, 5) is 24.0. The summed E-state index contributed by atoms with van der Waals surface area (Å²) in [6, 6.07) is 11.3. The van der Waals surface area contributed by atoms with Gasteiger partial charge in [-0.25, -0.2) is 4.79 Å². The molecular weight excluding hydrogens is 308 g/mol. The predicted molar refractivity (Wildman–Crippen MR) is 91.0 cm³/mol. The van der Waals surface area contributed by atoms with Crippen LogP contribution in [0, 0.1) is 0 Å². The molecule has 0 fully saturated rings. The molecule has 0 aliphatic rings. The monoisotopic (exact) mass is 330 g/mol. The third-order valence-electron chi connectivity index (χ3n) is 3.54. The number of benzene rings is 1. The van der Waals surface area contributed by atoms with E-state index in [1.165, 1.54) is 7.11 Å². The average Bonchev–Trinajstić information content (AvgIpc) is 2.97. The summed E-state index contributed by atoms with van der Waals surface area (Å²) in [6.45, 7) is 4.47. The smallest absolute Gasteiger partial charge is 0.354 e. The van der Waals surface area contributed by atoms with Gasteiger partial charge >= 0.3 is 5.97 Å². The van der Waals surface area contributed by atoms with E-state index >= 15 is 0 Å². The van der Waals surface area contributed by atoms with E-state index in [0.29, 0.717) is 24.5 Å². The molecule has 0 spiro atoms. The molecule has 1 heterocycles. The highest BCUT2D eigenvalue weighted by atomic mass is 16.5. The van der Waals surface area contributed by atoms with Gasteiger partial charge in [-0.15, -0.1) is 0 Å². The molecule has 0 aliphatic heterocycles. The Hall–Kier alpha value is -2.60. The van der Waals surface area contributed by atoms with Gasteiger partial charge in [-0.05, 0) is 25.5 Å². The van der Waals surface area contributed by atoms with Gasteiger partial charge in [0.2, 0.25) is 0 Å². The van der Waals surface area contributed by atoms with Crippen molar-refractivity contribution in [2.45, 2.75) is 26.5 Å². The zero-order chi connectivity index (χ0) is 17.5. The fourth-order valence-corrected chi connectivity index (χ4v) is 2.33. The number of nitrogens with zero attached hydrogens (tertiary/aromatic N) is 1. The van der Waals surface area contributed by atoms with Crippen LogP contribution in [0.2, 0.25) is 0 Å². The Kier molecular flexibility index (Phi) is 6.14. The first-order chi connectivity index (χ1) is 11.5. The van der Waals surface area contributed by atoms with Gasteiger partial charge in [-0.3, -0.25) is 4.79 Å². The van der Waals surface area contributed by atoms with Crippen molar-refractivity contribution in [3.05, 3.63) is 53.9 Å². The Morgan fingerprint density at radius 1 is 1.25 bits per heavy atom. The van der Waals surface area contributed by atoms with E-state index in [0.717, 1.165) is 5.56 Å². The van der Waals surface area contributed by atoms with Crippen molar-refractivity contribution in [3.63, 3.8) is 0 Å². The van der Waals surface area contributed by atoms with Crippen molar-refractivity contribution in [1.82, 2.24) is 4.57 Å². The molecule has 1 atom stereocenters. The molecule has 6 heteroatoms. The maximum absolute atomic E-state index is 12.1. The average molecular weight is 330 g/mol. The van der Waals surface area contributed by atoms with Gasteiger partial charge in [-0.2, -0.15) is 0 Å². The molecule has 2 aromatic rings. The van der Waals surface area contributed by atoms with E-state index in [-0.39, 0.29) is 5.91 Å². The minimum absolute atomic E-state index is 0.259. The highest BCUT2D eigenvalue weighted by Crippen LogP contribution is 2.17. The first-order valence-corrected chi connectivity index (χ1v) is 7.80. The fourth-order valence-electron chi connectivity index (χ4n) is 2.33. The number of anilines is 1. The zero-order valence-electron chi connectivity index (χ0n) is 14.1. The van der Waals surface area contributed by atoms with E-state index in [1.807, 2.05) is 37.3 Å². The maximum atomic E-state index is 12.1. The number of esters is 1. The van der Waals surface area contributed by atoms with Gasteiger partial charge in [-0.1, -0.05) is 30.3 Å². The molecule has 24 heavy (non-hydrogen) atoms. The lowest BCUT2D eigenvalue weighted by Crippen LogP contribution is -2.27. The lowest BCUT2D eigenvalue weighted by molar-refractivity contribution is -0.126. The summed E-state index contributed by atoms with van der Waals surface area (Å²) >= 11 is 0. The molecular formula is C18H22N2O4. The number of carbonyl (C=O) groups excluding carboxylic acids is 2. The molecule has 0 saturated carbocycles. The molecule has 0 saturated heterocycles. The number of rotatable bonds is 7. The number of aromatic nitrogens is 1. The van der Waals surface area contributed by atoms with Crippen LogP contribution in [0.1, 0.15) is 29.9 Å². The van der Waals surface area contributed by atoms with Gasteiger partial charge in [0, 0.05) is 19.3 Å². The van der Waals surface area contributed by atoms with Crippen molar-refractivity contribution in [3.8, 4) is 0 Å². The summed E-state index contributed by atoms with van der Waals surface area (Å²) < 4.78 is 11.8. The number of nitrogens with one attached hydrogen (secondary N) is 1. The SMILES string of the molecule is CCO[C@H](C)C(=O)Nc1cc(C(=O)OC)n(Cc2ccccc2)c1. The Bertz CT molecular complexity index is 694. The van der Waals surface area contributed by atoms with E-state index in [1.54, 1.807) is 23.8 Å². The molecule has 0 radical (unpaired) electrons. The first-order valence-electron chi connectivity index (χ1n) is 7.80. The van der Waals surface area contributed by atoms with Gasteiger partial charge in [0.05, 0.1) is 12.8 Å². The number of amides is 1. The Labute approximate surface area is 141 Å². The molecule has 1 N–H and O–H groups in total. The van der Waals surface area contributed by atoms with Crippen LogP contribution >= 0.6 is 0 Å². The molecule has 1 aromatic carbocycles. The van der Waals surface area contributed by atoms with Crippen molar-refractivity contribution >= 4 is 17.6 Å². The summed E-state index contributed by atoms with van der Waals surface area (Å²) in [6.07, 6.45) is 1.16. The van der Waals surface area contributed by atoms with Crippen LogP contribution in [-0.4, -0.2) is 36.3 Å². The van der Waals surface area contributed by atoms with E-state index in [2.05, 4.69) is 5.32 Å². The van der Waals surface area contributed by atoms with Gasteiger partial charge in [0.1, 0.15) is 11.8 Å². The number of hydrogen-bond donors (Lipinski definition) is 1. The number of ether oxygens (including phenoxy) is 2. The van der Waals surface area contributed by atoms with Crippen LogP contribution in [0.4, 0.5) is 5.69 Å². The van der Waals surface area contributed by atoms with E-state index in [4.69, 9.17) is 9.47 Å². The molecule has 6 nitrogen and oxygen atoms in total. The van der Waals surface area contributed by atoms with Gasteiger partial charge < -0.3 is 19.4 Å². The topological polar surface area (TPSA) is 69.6 Å². The Morgan fingerprint density at radius 2 is 1.96 bits per heavy atom. The van der Waals surface area contributed by atoms with Crippen LogP contribution in [0.5, 0.6) is 0 Å². The second kappa shape index (κ2) is 8.31. The predicted octanol–water partition coefficient (Wildman–Crippen LogP) is 2.69. The highest BCUT2D eigenvalue weighted by molar-refractivity contribution is 5.96. The Morgan fingerprint density at radius 3 is 2.58 bits per heavy atom. The lowest BCUT2D eigenvalue weighted by Gasteiger charge is -2.10. The molecule has 0 aliphatic carbocycles. The molecule has 1 aromatic heterocycles.